The van der Waals surface area contributed by atoms with E-state index in [0.717, 1.165) is 11.1 Å². The van der Waals surface area contributed by atoms with Crippen LogP contribution in [0.15, 0.2) is 65.6 Å². The maximum atomic E-state index is 13.5. The molecule has 0 aliphatic heterocycles. The number of rotatable bonds is 8. The van der Waals surface area contributed by atoms with Crippen LogP contribution >= 0.6 is 23.2 Å². The van der Waals surface area contributed by atoms with Crippen LogP contribution in [-0.4, -0.2) is 28.0 Å². The van der Waals surface area contributed by atoms with E-state index in [0.29, 0.717) is 27.2 Å². The first-order valence-electron chi connectivity index (χ1n) is 10.1. The number of hydrogen-bond acceptors (Lipinski definition) is 4. The molecule has 1 amide bonds. The third kappa shape index (κ3) is 6.19. The molecular weight excluding hydrogens is 483 g/mol. The van der Waals surface area contributed by atoms with E-state index in [1.165, 1.54) is 35.7 Å². The van der Waals surface area contributed by atoms with Crippen molar-refractivity contribution in [1.29, 1.82) is 0 Å². The minimum Gasteiger partial charge on any atom is -0.495 e. The number of anilines is 2. The second-order valence-corrected chi connectivity index (χ2v) is 10.2. The first-order chi connectivity index (χ1) is 15.6. The molecule has 0 unspecified atom stereocenters. The molecule has 0 saturated carbocycles. The summed E-state index contributed by atoms with van der Waals surface area (Å²) >= 11 is 12.0. The second-order valence-electron chi connectivity index (χ2n) is 7.52. The number of methoxy groups -OCH3 is 1. The summed E-state index contributed by atoms with van der Waals surface area (Å²) in [4.78, 5) is 12.7. The average Bonchev–Trinajstić information content (AvgIpc) is 2.73. The van der Waals surface area contributed by atoms with Crippen LogP contribution in [0.3, 0.4) is 0 Å². The summed E-state index contributed by atoms with van der Waals surface area (Å²) in [5.74, 6) is 0.140. The molecule has 3 rings (SSSR count). The molecule has 0 aliphatic rings. The Bertz CT molecular complexity index is 1240. The Morgan fingerprint density at radius 1 is 0.970 bits per heavy atom. The Balaban J connectivity index is 1.86. The molecule has 1 N–H and O–H groups in total. The summed E-state index contributed by atoms with van der Waals surface area (Å²) in [6.07, 6.45) is -0.0660. The lowest BCUT2D eigenvalue weighted by Gasteiger charge is -2.25. The third-order valence-electron chi connectivity index (χ3n) is 4.87. The Kier molecular flexibility index (Phi) is 7.89. The van der Waals surface area contributed by atoms with Gasteiger partial charge in [0.1, 0.15) is 5.75 Å². The van der Waals surface area contributed by atoms with E-state index in [2.05, 4.69) is 5.32 Å². The van der Waals surface area contributed by atoms with Crippen LogP contribution in [0.1, 0.15) is 17.5 Å². The Morgan fingerprint density at radius 2 is 1.61 bits per heavy atom. The van der Waals surface area contributed by atoms with Gasteiger partial charge in [0.15, 0.2) is 0 Å². The minimum absolute atomic E-state index is 0.0520. The normalized spacial score (nSPS) is 11.2. The summed E-state index contributed by atoms with van der Waals surface area (Å²) in [6, 6.07) is 16.3. The van der Waals surface area contributed by atoms with Crippen LogP contribution in [0.4, 0.5) is 11.4 Å². The number of ether oxygens (including phenoxy) is 1. The number of hydrogen-bond donors (Lipinski definition) is 1. The topological polar surface area (TPSA) is 75.7 Å². The smallest absolute Gasteiger partial charge is 0.264 e. The molecule has 0 heterocycles. The molecule has 3 aromatic carbocycles. The first-order valence-corrected chi connectivity index (χ1v) is 12.3. The van der Waals surface area contributed by atoms with Gasteiger partial charge in [0.05, 0.1) is 22.7 Å². The summed E-state index contributed by atoms with van der Waals surface area (Å²) in [5.41, 5.74) is 2.81. The lowest BCUT2D eigenvalue weighted by molar-refractivity contribution is -0.116. The van der Waals surface area contributed by atoms with E-state index in [9.17, 15) is 13.2 Å². The Hall–Kier alpha value is -2.74. The van der Waals surface area contributed by atoms with Gasteiger partial charge in [-0.3, -0.25) is 9.10 Å². The Morgan fingerprint density at radius 3 is 2.18 bits per heavy atom. The fourth-order valence-electron chi connectivity index (χ4n) is 3.39. The minimum atomic E-state index is -3.93. The molecule has 0 aromatic heterocycles. The lowest BCUT2D eigenvalue weighted by atomic mass is 10.1. The van der Waals surface area contributed by atoms with E-state index in [4.69, 9.17) is 27.9 Å². The number of benzene rings is 3. The van der Waals surface area contributed by atoms with Gasteiger partial charge in [-0.05, 0) is 79.6 Å². The van der Waals surface area contributed by atoms with Gasteiger partial charge in [0, 0.05) is 23.7 Å². The number of carbonyl (C=O) groups excluding carboxylic acids is 1. The van der Waals surface area contributed by atoms with Crippen molar-refractivity contribution in [3.8, 4) is 5.75 Å². The zero-order valence-corrected chi connectivity index (χ0v) is 20.8. The number of carbonyl (C=O) groups is 1. The van der Waals surface area contributed by atoms with Crippen LogP contribution in [-0.2, 0) is 14.8 Å². The number of sulfonamides is 1. The van der Waals surface area contributed by atoms with Crippen LogP contribution < -0.4 is 14.4 Å². The predicted molar refractivity (Wildman–Crippen MR) is 133 cm³/mol. The summed E-state index contributed by atoms with van der Waals surface area (Å²) < 4.78 is 33.3. The van der Waals surface area contributed by atoms with E-state index in [-0.39, 0.29) is 23.8 Å². The van der Waals surface area contributed by atoms with Crippen LogP contribution in [0.2, 0.25) is 10.0 Å². The van der Waals surface area contributed by atoms with E-state index >= 15 is 0 Å². The van der Waals surface area contributed by atoms with Crippen LogP contribution in [0, 0.1) is 13.8 Å². The van der Waals surface area contributed by atoms with E-state index < -0.39 is 10.0 Å². The molecule has 0 aliphatic carbocycles. The van der Waals surface area contributed by atoms with Crippen molar-refractivity contribution < 1.29 is 17.9 Å². The molecule has 33 heavy (non-hydrogen) atoms. The zero-order valence-electron chi connectivity index (χ0n) is 18.4. The van der Waals surface area contributed by atoms with Gasteiger partial charge in [0.2, 0.25) is 5.91 Å². The lowest BCUT2D eigenvalue weighted by Crippen LogP contribution is -2.34. The number of aryl methyl sites for hydroxylation is 2. The summed E-state index contributed by atoms with van der Waals surface area (Å²) in [6.45, 7) is 3.73. The molecule has 0 atom stereocenters. The highest BCUT2D eigenvalue weighted by Crippen LogP contribution is 2.29. The maximum Gasteiger partial charge on any atom is 0.264 e. The van der Waals surface area contributed by atoms with Crippen molar-refractivity contribution in [2.45, 2.75) is 25.2 Å². The van der Waals surface area contributed by atoms with Crippen LogP contribution in [0.25, 0.3) is 0 Å². The van der Waals surface area contributed by atoms with Crippen molar-refractivity contribution in [3.63, 3.8) is 0 Å². The standard InChI is InChI=1S/C24H24Cl2N2O4S/c1-16-12-17(2)14-20(13-16)28(33(30,31)21-7-4-18(25)5-8-21)11-10-24(29)27-19-6-9-23(32-3)22(26)15-19/h4-9,12-15H,10-11H2,1-3H3,(H,27,29). The average molecular weight is 507 g/mol. The van der Waals surface area contributed by atoms with Crippen molar-refractivity contribution in [2.75, 3.05) is 23.3 Å². The monoisotopic (exact) mass is 506 g/mol. The van der Waals surface area contributed by atoms with Crippen LogP contribution in [0.5, 0.6) is 5.75 Å². The SMILES string of the molecule is COc1ccc(NC(=O)CCN(c2cc(C)cc(C)c2)S(=O)(=O)c2ccc(Cl)cc2)cc1Cl. The highest BCUT2D eigenvalue weighted by Gasteiger charge is 2.26. The van der Waals surface area contributed by atoms with Crippen molar-refractivity contribution in [1.82, 2.24) is 0 Å². The third-order valence-corrected chi connectivity index (χ3v) is 7.26. The van der Waals surface area contributed by atoms with Crippen molar-refractivity contribution in [3.05, 3.63) is 81.8 Å². The van der Waals surface area contributed by atoms with Gasteiger partial charge in [0.25, 0.3) is 10.0 Å². The number of nitrogens with one attached hydrogen (secondary N) is 1. The van der Waals surface area contributed by atoms with Gasteiger partial charge in [-0.15, -0.1) is 0 Å². The number of halogens is 2. The molecule has 0 bridgehead atoms. The second kappa shape index (κ2) is 10.5. The largest absolute Gasteiger partial charge is 0.495 e. The molecule has 9 heteroatoms. The number of amides is 1. The summed E-state index contributed by atoms with van der Waals surface area (Å²) in [7, 11) is -2.43. The fraction of sp³-hybridized carbons (Fsp3) is 0.208. The molecule has 6 nitrogen and oxygen atoms in total. The molecule has 0 fully saturated rings. The highest BCUT2D eigenvalue weighted by molar-refractivity contribution is 7.92. The highest BCUT2D eigenvalue weighted by atomic mass is 35.5. The predicted octanol–water partition coefficient (Wildman–Crippen LogP) is 5.84. The maximum absolute atomic E-state index is 13.5. The molecule has 0 spiro atoms. The van der Waals surface area contributed by atoms with Crippen molar-refractivity contribution >= 4 is 50.5 Å². The molecule has 3 aromatic rings. The van der Waals surface area contributed by atoms with Gasteiger partial charge in [-0.2, -0.15) is 0 Å². The van der Waals surface area contributed by atoms with E-state index in [1.54, 1.807) is 30.3 Å². The summed E-state index contributed by atoms with van der Waals surface area (Å²) in [5, 5.41) is 3.54. The molecule has 174 valence electrons. The molecule has 0 radical (unpaired) electrons. The molecular formula is C24H24Cl2N2O4S. The molecule has 0 saturated heterocycles. The van der Waals surface area contributed by atoms with Gasteiger partial charge in [-0.25, -0.2) is 8.42 Å². The Labute approximate surface area is 204 Å². The zero-order chi connectivity index (χ0) is 24.2. The van der Waals surface area contributed by atoms with E-state index in [1.807, 2.05) is 19.9 Å². The fourth-order valence-corrected chi connectivity index (χ4v) is 5.22. The number of nitrogens with zero attached hydrogens (tertiary/aromatic N) is 1. The quantitative estimate of drug-likeness (QED) is 0.416. The van der Waals surface area contributed by atoms with Crippen molar-refractivity contribution in [2.24, 2.45) is 0 Å². The van der Waals surface area contributed by atoms with Gasteiger partial charge >= 0.3 is 0 Å². The van der Waals surface area contributed by atoms with Gasteiger partial charge < -0.3 is 10.1 Å². The first kappa shape index (κ1) is 24.9. The van der Waals surface area contributed by atoms with Gasteiger partial charge in [-0.1, -0.05) is 29.3 Å².